The fraction of sp³-hybridized carbons (Fsp3) is 0.143. The molecule has 0 atom stereocenters. The fourth-order valence-corrected chi connectivity index (χ4v) is 1.71. The Balaban J connectivity index is 1.76. The molecule has 0 aliphatic rings. The molecule has 0 saturated carbocycles. The molecule has 2 heterocycles. The lowest BCUT2D eigenvalue weighted by atomic mass is 10.3. The summed E-state index contributed by atoms with van der Waals surface area (Å²) >= 11 is 5.79. The molecule has 0 aliphatic carbocycles. The summed E-state index contributed by atoms with van der Waals surface area (Å²) in [5.41, 5.74) is 0.778. The van der Waals surface area contributed by atoms with Crippen LogP contribution in [-0.4, -0.2) is 29.0 Å². The SMILES string of the molecule is N#Cc1ccc(NCCNC(=O)c2cc(Cl)ccn2)nc1. The number of anilines is 1. The van der Waals surface area contributed by atoms with Gasteiger partial charge in [0.25, 0.3) is 5.91 Å². The molecule has 1 amide bonds. The molecule has 0 spiro atoms. The largest absolute Gasteiger partial charge is 0.368 e. The van der Waals surface area contributed by atoms with Crippen LogP contribution < -0.4 is 10.6 Å². The van der Waals surface area contributed by atoms with Gasteiger partial charge in [0, 0.05) is 30.5 Å². The normalized spacial score (nSPS) is 9.71. The van der Waals surface area contributed by atoms with E-state index in [1.165, 1.54) is 18.5 Å². The van der Waals surface area contributed by atoms with E-state index in [4.69, 9.17) is 16.9 Å². The molecule has 7 heteroatoms. The van der Waals surface area contributed by atoms with Crippen LogP contribution in [0.1, 0.15) is 16.1 Å². The smallest absolute Gasteiger partial charge is 0.269 e. The predicted octanol–water partition coefficient (Wildman–Crippen LogP) is 1.84. The second-order valence-electron chi connectivity index (χ2n) is 4.09. The van der Waals surface area contributed by atoms with Crippen molar-refractivity contribution in [1.29, 1.82) is 5.26 Å². The minimum Gasteiger partial charge on any atom is -0.368 e. The summed E-state index contributed by atoms with van der Waals surface area (Å²) in [6.45, 7) is 0.917. The lowest BCUT2D eigenvalue weighted by molar-refractivity contribution is 0.0950. The number of nitrogens with one attached hydrogen (secondary N) is 2. The summed E-state index contributed by atoms with van der Waals surface area (Å²) in [4.78, 5) is 19.8. The highest BCUT2D eigenvalue weighted by Gasteiger charge is 2.06. The van der Waals surface area contributed by atoms with Crippen molar-refractivity contribution in [3.05, 3.63) is 52.9 Å². The summed E-state index contributed by atoms with van der Waals surface area (Å²) in [6.07, 6.45) is 2.97. The summed E-state index contributed by atoms with van der Waals surface area (Å²) in [5.74, 6) is 0.358. The second-order valence-corrected chi connectivity index (χ2v) is 4.52. The summed E-state index contributed by atoms with van der Waals surface area (Å²) < 4.78 is 0. The van der Waals surface area contributed by atoms with Crippen molar-refractivity contribution in [3.8, 4) is 6.07 Å². The van der Waals surface area contributed by atoms with Gasteiger partial charge >= 0.3 is 0 Å². The molecule has 2 aromatic heterocycles. The minimum atomic E-state index is -0.285. The van der Waals surface area contributed by atoms with Crippen molar-refractivity contribution in [2.75, 3.05) is 18.4 Å². The molecule has 106 valence electrons. The van der Waals surface area contributed by atoms with Crippen LogP contribution in [0.2, 0.25) is 5.02 Å². The van der Waals surface area contributed by atoms with Crippen LogP contribution in [0.5, 0.6) is 0 Å². The second kappa shape index (κ2) is 7.22. The van der Waals surface area contributed by atoms with Crippen molar-refractivity contribution in [3.63, 3.8) is 0 Å². The molecule has 0 aliphatic heterocycles. The highest BCUT2D eigenvalue weighted by molar-refractivity contribution is 6.30. The Morgan fingerprint density at radius 2 is 2.14 bits per heavy atom. The molecule has 21 heavy (non-hydrogen) atoms. The first-order chi connectivity index (χ1) is 10.2. The first kappa shape index (κ1) is 14.8. The molecule has 2 aromatic rings. The van der Waals surface area contributed by atoms with Gasteiger partial charge in [0.15, 0.2) is 0 Å². The van der Waals surface area contributed by atoms with Gasteiger partial charge in [-0.05, 0) is 24.3 Å². The molecule has 0 radical (unpaired) electrons. The molecule has 2 rings (SSSR count). The maximum absolute atomic E-state index is 11.8. The van der Waals surface area contributed by atoms with Crippen LogP contribution in [0.15, 0.2) is 36.7 Å². The molecular weight excluding hydrogens is 290 g/mol. The van der Waals surface area contributed by atoms with E-state index >= 15 is 0 Å². The predicted molar refractivity (Wildman–Crippen MR) is 79.0 cm³/mol. The lowest BCUT2D eigenvalue weighted by Crippen LogP contribution is -2.29. The zero-order valence-electron chi connectivity index (χ0n) is 11.0. The Morgan fingerprint density at radius 1 is 1.29 bits per heavy atom. The van der Waals surface area contributed by atoms with E-state index in [-0.39, 0.29) is 11.6 Å². The van der Waals surface area contributed by atoms with Crippen molar-refractivity contribution in [2.24, 2.45) is 0 Å². The number of pyridine rings is 2. The number of rotatable bonds is 5. The maximum Gasteiger partial charge on any atom is 0.269 e. The van der Waals surface area contributed by atoms with Crippen molar-refractivity contribution < 1.29 is 4.79 Å². The van der Waals surface area contributed by atoms with Gasteiger partial charge in [0.2, 0.25) is 0 Å². The summed E-state index contributed by atoms with van der Waals surface area (Å²) in [5, 5.41) is 14.9. The van der Waals surface area contributed by atoms with E-state index in [2.05, 4.69) is 20.6 Å². The fourth-order valence-electron chi connectivity index (χ4n) is 1.55. The van der Waals surface area contributed by atoms with Crippen molar-refractivity contribution in [1.82, 2.24) is 15.3 Å². The first-order valence-corrected chi connectivity index (χ1v) is 6.56. The van der Waals surface area contributed by atoms with Crippen molar-refractivity contribution in [2.45, 2.75) is 0 Å². The average Bonchev–Trinajstić information content (AvgIpc) is 2.52. The van der Waals surface area contributed by atoms with E-state index in [0.717, 1.165) is 0 Å². The Morgan fingerprint density at radius 3 is 2.81 bits per heavy atom. The molecule has 0 unspecified atom stereocenters. The number of nitriles is 1. The van der Waals surface area contributed by atoms with E-state index in [1.807, 2.05) is 6.07 Å². The Kier molecular flexibility index (Phi) is 5.07. The third-order valence-electron chi connectivity index (χ3n) is 2.56. The van der Waals surface area contributed by atoms with Gasteiger partial charge in [-0.15, -0.1) is 0 Å². The monoisotopic (exact) mass is 301 g/mol. The van der Waals surface area contributed by atoms with Crippen molar-refractivity contribution >= 4 is 23.3 Å². The minimum absolute atomic E-state index is 0.277. The topological polar surface area (TPSA) is 90.7 Å². The van der Waals surface area contributed by atoms with Gasteiger partial charge in [0.05, 0.1) is 5.56 Å². The van der Waals surface area contributed by atoms with E-state index in [0.29, 0.717) is 29.5 Å². The molecule has 0 saturated heterocycles. The molecule has 0 fully saturated rings. The van der Waals surface area contributed by atoms with Crippen LogP contribution in [0, 0.1) is 11.3 Å². The maximum atomic E-state index is 11.8. The van der Waals surface area contributed by atoms with E-state index < -0.39 is 0 Å². The average molecular weight is 302 g/mol. The van der Waals surface area contributed by atoms with Gasteiger partial charge in [-0.25, -0.2) is 4.98 Å². The highest BCUT2D eigenvalue weighted by Crippen LogP contribution is 2.07. The molecule has 2 N–H and O–H groups in total. The molecule has 6 nitrogen and oxygen atoms in total. The number of nitrogens with zero attached hydrogens (tertiary/aromatic N) is 3. The van der Waals surface area contributed by atoms with Crippen LogP contribution in [0.4, 0.5) is 5.82 Å². The van der Waals surface area contributed by atoms with Gasteiger partial charge in [-0.2, -0.15) is 5.26 Å². The quantitative estimate of drug-likeness (QED) is 0.822. The molecular formula is C14H12ClN5O. The Bertz CT molecular complexity index is 666. The standard InChI is InChI=1S/C14H12ClN5O/c15-11-3-4-17-12(7-11)14(21)19-6-5-18-13-2-1-10(8-16)9-20-13/h1-4,7,9H,5-6H2,(H,18,20)(H,19,21). The number of aromatic nitrogens is 2. The number of hydrogen-bond donors (Lipinski definition) is 2. The Labute approximate surface area is 126 Å². The number of carbonyl (C=O) groups is 1. The van der Waals surface area contributed by atoms with Gasteiger partial charge in [-0.3, -0.25) is 9.78 Å². The number of carbonyl (C=O) groups excluding carboxylic acids is 1. The van der Waals surface area contributed by atoms with Gasteiger partial charge in [0.1, 0.15) is 17.6 Å². The Hall–Kier alpha value is -2.65. The van der Waals surface area contributed by atoms with E-state index in [9.17, 15) is 4.79 Å². The third-order valence-corrected chi connectivity index (χ3v) is 2.80. The zero-order chi connectivity index (χ0) is 15.1. The molecule has 0 bridgehead atoms. The lowest BCUT2D eigenvalue weighted by Gasteiger charge is -2.07. The van der Waals surface area contributed by atoms with Gasteiger partial charge in [-0.1, -0.05) is 11.6 Å². The summed E-state index contributed by atoms with van der Waals surface area (Å²) in [6, 6.07) is 8.49. The van der Waals surface area contributed by atoms with Crippen LogP contribution >= 0.6 is 11.6 Å². The van der Waals surface area contributed by atoms with Gasteiger partial charge < -0.3 is 10.6 Å². The van der Waals surface area contributed by atoms with Crippen LogP contribution in [0.3, 0.4) is 0 Å². The number of hydrogen-bond acceptors (Lipinski definition) is 5. The van der Waals surface area contributed by atoms with Crippen LogP contribution in [0.25, 0.3) is 0 Å². The van der Waals surface area contributed by atoms with E-state index in [1.54, 1.807) is 18.2 Å². The highest BCUT2D eigenvalue weighted by atomic mass is 35.5. The van der Waals surface area contributed by atoms with Crippen LogP contribution in [-0.2, 0) is 0 Å². The first-order valence-electron chi connectivity index (χ1n) is 6.19. The zero-order valence-corrected chi connectivity index (χ0v) is 11.8. The third kappa shape index (κ3) is 4.44. The molecule has 0 aromatic carbocycles. The number of halogens is 1. The summed E-state index contributed by atoms with van der Waals surface area (Å²) in [7, 11) is 0. The number of amides is 1.